The summed E-state index contributed by atoms with van der Waals surface area (Å²) in [6.07, 6.45) is 5.08. The third-order valence-corrected chi connectivity index (χ3v) is 19.0. The van der Waals surface area contributed by atoms with Gasteiger partial charge in [-0.3, -0.25) is 8.78 Å². The van der Waals surface area contributed by atoms with Crippen molar-refractivity contribution in [3.8, 4) is 17.3 Å². The van der Waals surface area contributed by atoms with Gasteiger partial charge in [0, 0.05) is 42.5 Å². The van der Waals surface area contributed by atoms with Crippen LogP contribution in [0.5, 0.6) is 6.01 Å². The lowest BCUT2D eigenvalue weighted by atomic mass is 9.83. The van der Waals surface area contributed by atoms with Gasteiger partial charge >= 0.3 is 6.01 Å². The van der Waals surface area contributed by atoms with E-state index in [0.29, 0.717) is 58.9 Å². The van der Waals surface area contributed by atoms with E-state index < -0.39 is 27.2 Å². The highest BCUT2D eigenvalue weighted by molar-refractivity contribution is 7.84. The van der Waals surface area contributed by atoms with E-state index in [1.54, 1.807) is 0 Å². The van der Waals surface area contributed by atoms with Gasteiger partial charge in [0.05, 0.1) is 30.0 Å². The molecule has 9 nitrogen and oxygen atoms in total. The average molecular weight is 763 g/mol. The second-order valence-corrected chi connectivity index (χ2v) is 29.5. The molecule has 5 atom stereocenters. The van der Waals surface area contributed by atoms with Gasteiger partial charge in [-0.15, -0.1) is 0 Å². The van der Waals surface area contributed by atoms with Crippen molar-refractivity contribution in [1.29, 1.82) is 0 Å². The van der Waals surface area contributed by atoms with E-state index in [1.165, 1.54) is 5.56 Å². The van der Waals surface area contributed by atoms with Gasteiger partial charge in [0.15, 0.2) is 20.1 Å². The summed E-state index contributed by atoms with van der Waals surface area (Å²) in [5.41, 5.74) is 4.25. The molecule has 4 heterocycles. The van der Waals surface area contributed by atoms with Gasteiger partial charge in [0.2, 0.25) is 0 Å². The summed E-state index contributed by atoms with van der Waals surface area (Å²) in [6, 6.07) is 11.9. The topological polar surface area (TPSA) is 93.9 Å². The number of hydrogen-bond acceptors (Lipinski definition) is 8. The van der Waals surface area contributed by atoms with E-state index in [0.717, 1.165) is 37.3 Å². The highest BCUT2D eigenvalue weighted by Crippen LogP contribution is 2.41. The molecule has 1 unspecified atom stereocenters. The van der Waals surface area contributed by atoms with Crippen LogP contribution in [0.4, 0.5) is 0 Å². The van der Waals surface area contributed by atoms with Crippen LogP contribution >= 0.6 is 11.6 Å². The zero-order valence-electron chi connectivity index (χ0n) is 31.3. The van der Waals surface area contributed by atoms with Crippen molar-refractivity contribution >= 4 is 50.0 Å². The molecule has 50 heavy (non-hydrogen) atoms. The van der Waals surface area contributed by atoms with Crippen LogP contribution in [0.3, 0.4) is 0 Å². The first-order chi connectivity index (χ1) is 23.5. The van der Waals surface area contributed by atoms with Crippen LogP contribution in [0.25, 0.3) is 22.4 Å². The van der Waals surface area contributed by atoms with E-state index >= 15 is 0 Å². The Labute approximate surface area is 307 Å². The zero-order valence-corrected chi connectivity index (χ0v) is 34.9. The molecule has 1 aromatic carbocycles. The van der Waals surface area contributed by atoms with E-state index in [1.807, 2.05) is 16.9 Å². The van der Waals surface area contributed by atoms with Crippen LogP contribution in [0.1, 0.15) is 57.9 Å². The quantitative estimate of drug-likeness (QED) is 0.134. The maximum Gasteiger partial charge on any atom is 0.301 e. The summed E-state index contributed by atoms with van der Waals surface area (Å²) in [5, 5.41) is 0.943. The molecule has 2 aromatic heterocycles. The predicted octanol–water partition coefficient (Wildman–Crippen LogP) is 8.40. The van der Waals surface area contributed by atoms with Crippen molar-refractivity contribution < 1.29 is 27.6 Å². The molecule has 1 saturated carbocycles. The Morgan fingerprint density at radius 3 is 2.22 bits per heavy atom. The Morgan fingerprint density at radius 2 is 1.60 bits per heavy atom. The number of rotatable bonds is 12. The van der Waals surface area contributed by atoms with Crippen LogP contribution in [0.15, 0.2) is 30.3 Å². The lowest BCUT2D eigenvalue weighted by molar-refractivity contribution is 0.00687. The molecule has 3 fully saturated rings. The number of imidazole rings is 1. The number of fused-ring (bicyclic) bond motifs is 2. The normalized spacial score (nSPS) is 26.8. The largest absolute Gasteiger partial charge is 0.456 e. The van der Waals surface area contributed by atoms with Gasteiger partial charge < -0.3 is 23.4 Å². The summed E-state index contributed by atoms with van der Waals surface area (Å²) >= 11 is 6.90. The fourth-order valence-electron chi connectivity index (χ4n) is 6.91. The van der Waals surface area contributed by atoms with Crippen LogP contribution < -0.4 is 4.74 Å². The first kappa shape index (κ1) is 38.1. The predicted molar refractivity (Wildman–Crippen MR) is 207 cm³/mol. The maximum atomic E-state index is 12.0. The van der Waals surface area contributed by atoms with Crippen LogP contribution in [0.2, 0.25) is 48.8 Å². The van der Waals surface area contributed by atoms with Crippen molar-refractivity contribution in [2.45, 2.75) is 133 Å². The number of ether oxygens (including phenoxy) is 4. The summed E-state index contributed by atoms with van der Waals surface area (Å²) in [4.78, 5) is 9.97. The fourth-order valence-corrected chi connectivity index (χ4v) is 10.2. The first-order valence-electron chi connectivity index (χ1n) is 18.2. The molecule has 13 heteroatoms. The molecule has 0 radical (unpaired) electrons. The molecule has 2 saturated heterocycles. The van der Waals surface area contributed by atoms with Gasteiger partial charge in [-0.1, -0.05) is 76.3 Å². The number of aromatic nitrogens is 3. The summed E-state index contributed by atoms with van der Waals surface area (Å²) in [5.74, 6) is 0.487. The highest BCUT2D eigenvalue weighted by atomic mass is 35.5. The number of hydrogen-bond donors (Lipinski definition) is 0. The van der Waals surface area contributed by atoms with Gasteiger partial charge in [0.25, 0.3) is 0 Å². The van der Waals surface area contributed by atoms with Gasteiger partial charge in [-0.2, -0.15) is 4.98 Å². The molecule has 6 rings (SSSR count). The van der Waals surface area contributed by atoms with Gasteiger partial charge in [0.1, 0.15) is 24.5 Å². The molecule has 2 aliphatic heterocycles. The lowest BCUT2D eigenvalue weighted by Crippen LogP contribution is -2.47. The van der Waals surface area contributed by atoms with Crippen molar-refractivity contribution in [2.75, 3.05) is 26.1 Å². The Balaban J connectivity index is 1.23. The Hall–Kier alpha value is -1.65. The summed E-state index contributed by atoms with van der Waals surface area (Å²) < 4.78 is 46.0. The Morgan fingerprint density at radius 1 is 0.960 bits per heavy atom. The van der Waals surface area contributed by atoms with Crippen molar-refractivity contribution in [3.05, 3.63) is 40.9 Å². The number of nitrogens with zero attached hydrogens (tertiary/aromatic N) is 3. The van der Waals surface area contributed by atoms with Crippen LogP contribution in [0, 0.1) is 0 Å². The van der Waals surface area contributed by atoms with E-state index in [4.69, 9.17) is 44.9 Å². The third kappa shape index (κ3) is 8.43. The third-order valence-electron chi connectivity index (χ3n) is 11.1. The minimum atomic E-state index is -2.01. The van der Waals surface area contributed by atoms with Crippen molar-refractivity contribution in [3.63, 3.8) is 0 Å². The van der Waals surface area contributed by atoms with E-state index in [-0.39, 0.29) is 36.2 Å². The summed E-state index contributed by atoms with van der Waals surface area (Å²) in [7, 11) is -4.04. The molecule has 0 amide bonds. The molecule has 0 N–H and O–H groups in total. The zero-order chi connectivity index (χ0) is 36.0. The molecule has 3 aromatic rings. The molecule has 0 bridgehead atoms. The first-order valence-corrected chi connectivity index (χ1v) is 26.8. The van der Waals surface area contributed by atoms with E-state index in [9.17, 15) is 4.21 Å². The molecular weight excluding hydrogens is 706 g/mol. The SMILES string of the molecule is CS(=O)C1CCC(c2ccc(-c3nc4c(cc3Cl)nc(O[C@@H]3CO[C@H]5[C@@H]3OC[C@H]5O[Si](C)(C)C(C)(C)C)n4COCC[Si](C)(C)C)cc2)CC1. The van der Waals surface area contributed by atoms with Crippen LogP contribution in [-0.4, -0.2) is 90.9 Å². The molecule has 1 aliphatic carbocycles. The molecule has 276 valence electrons. The van der Waals surface area contributed by atoms with Gasteiger partial charge in [-0.05, 0) is 67.4 Å². The van der Waals surface area contributed by atoms with E-state index in [2.05, 4.69) is 77.8 Å². The van der Waals surface area contributed by atoms with Gasteiger partial charge in [-0.25, -0.2) is 4.98 Å². The lowest BCUT2D eigenvalue weighted by Gasteiger charge is -2.39. The molecule has 3 aliphatic rings. The van der Waals surface area contributed by atoms with Crippen molar-refractivity contribution in [1.82, 2.24) is 14.5 Å². The monoisotopic (exact) mass is 761 g/mol. The fraction of sp³-hybridized carbons (Fsp3) is 0.676. The second kappa shape index (κ2) is 15.0. The average Bonchev–Trinajstić information content (AvgIpc) is 3.72. The number of benzene rings is 1. The minimum absolute atomic E-state index is 0.0898. The Kier molecular flexibility index (Phi) is 11.4. The number of pyridine rings is 1. The smallest absolute Gasteiger partial charge is 0.301 e. The Bertz CT molecular complexity index is 1670. The minimum Gasteiger partial charge on any atom is -0.456 e. The maximum absolute atomic E-state index is 12.0. The molecule has 0 spiro atoms. The standard InChI is InChI=1S/C37H56ClN3O6SSi2/c1-37(2,3)50(8,9)47-31-22-45-33-30(21-44-34(31)33)46-36-39-29-20-28(38)32(40-35(29)41(36)23-43-18-19-49(5,6)7)26-12-10-24(11-13-26)25-14-16-27(17-15-25)48(4)42/h10-13,20,25,27,30-31,33-34H,14-19,21-23H2,1-9H3/t25?,27?,30-,31-,33-,34-,48?/m1/s1. The van der Waals surface area contributed by atoms with Crippen molar-refractivity contribution in [2.24, 2.45) is 0 Å². The second-order valence-electron chi connectivity index (χ2n) is 17.1. The summed E-state index contributed by atoms with van der Waals surface area (Å²) in [6.45, 7) is 20.1. The number of halogens is 1. The van der Waals surface area contributed by atoms with Crippen LogP contribution in [-0.2, 0) is 36.2 Å². The highest BCUT2D eigenvalue weighted by Gasteiger charge is 2.52. The molecular formula is C37H56ClN3O6SSi2.